The van der Waals surface area contributed by atoms with Crippen molar-refractivity contribution in [2.75, 3.05) is 6.61 Å². The van der Waals surface area contributed by atoms with Gasteiger partial charge in [-0.3, -0.25) is 4.79 Å². The Labute approximate surface area is 98.3 Å². The molecule has 0 saturated carbocycles. The number of benzene rings is 1. The van der Waals surface area contributed by atoms with E-state index in [2.05, 4.69) is 21.8 Å². The average Bonchev–Trinajstić information content (AvgIpc) is 2.30. The first-order valence-electron chi connectivity index (χ1n) is 5.31. The van der Waals surface area contributed by atoms with Crippen LogP contribution in [0.3, 0.4) is 0 Å². The lowest BCUT2D eigenvalue weighted by atomic mass is 10.1. The molecule has 0 aliphatic carbocycles. The number of fused-ring (bicyclic) bond motifs is 1. The van der Waals surface area contributed by atoms with Crippen LogP contribution in [0.5, 0.6) is 0 Å². The van der Waals surface area contributed by atoms with E-state index in [9.17, 15) is 4.79 Å². The molecule has 1 aromatic carbocycles. The molecule has 2 aromatic rings. The van der Waals surface area contributed by atoms with Gasteiger partial charge in [-0.25, -0.2) is 4.98 Å². The fourth-order valence-corrected chi connectivity index (χ4v) is 1.55. The summed E-state index contributed by atoms with van der Waals surface area (Å²) in [6, 6.07) is 5.31. The monoisotopic (exact) mass is 228 g/mol. The van der Waals surface area contributed by atoms with Gasteiger partial charge in [-0.1, -0.05) is 11.8 Å². The van der Waals surface area contributed by atoms with Gasteiger partial charge in [-0.15, -0.1) is 0 Å². The zero-order chi connectivity index (χ0) is 12.3. The van der Waals surface area contributed by atoms with Crippen molar-refractivity contribution < 1.29 is 5.11 Å². The summed E-state index contributed by atoms with van der Waals surface area (Å²) >= 11 is 0. The Balaban J connectivity index is 2.52. The molecule has 0 atom stereocenters. The number of nitrogens with zero attached hydrogens (tertiary/aromatic N) is 1. The number of rotatable bonds is 1. The summed E-state index contributed by atoms with van der Waals surface area (Å²) in [6.45, 7) is 1.79. The molecule has 2 N–H and O–H groups in total. The molecule has 0 aliphatic heterocycles. The second kappa shape index (κ2) is 4.81. The lowest BCUT2D eigenvalue weighted by molar-refractivity contribution is 0.305. The van der Waals surface area contributed by atoms with Crippen molar-refractivity contribution in [3.05, 3.63) is 39.9 Å². The minimum Gasteiger partial charge on any atom is -0.395 e. The third kappa shape index (κ3) is 2.52. The van der Waals surface area contributed by atoms with E-state index >= 15 is 0 Å². The summed E-state index contributed by atoms with van der Waals surface area (Å²) in [5, 5.41) is 9.16. The van der Waals surface area contributed by atoms with Gasteiger partial charge < -0.3 is 10.1 Å². The van der Waals surface area contributed by atoms with Gasteiger partial charge in [0.25, 0.3) is 5.56 Å². The summed E-state index contributed by atoms with van der Waals surface area (Å²) in [5.74, 6) is 6.30. The number of nitrogens with one attached hydrogen (secondary N) is 1. The fraction of sp³-hybridized carbons (Fsp3) is 0.231. The molecule has 0 radical (unpaired) electrons. The van der Waals surface area contributed by atoms with E-state index in [4.69, 9.17) is 5.11 Å². The summed E-state index contributed by atoms with van der Waals surface area (Å²) in [7, 11) is 0. The van der Waals surface area contributed by atoms with Crippen LogP contribution in [-0.4, -0.2) is 21.7 Å². The van der Waals surface area contributed by atoms with Crippen LogP contribution in [0.2, 0.25) is 0 Å². The predicted octanol–water partition coefficient (Wildman–Crippen LogP) is 0.965. The molecular weight excluding hydrogens is 216 g/mol. The van der Waals surface area contributed by atoms with Gasteiger partial charge in [-0.05, 0) is 25.1 Å². The van der Waals surface area contributed by atoms with Gasteiger partial charge in [-0.2, -0.15) is 0 Å². The SMILES string of the molecule is Cc1nc2ccc(C#CCCO)cc2c(=O)[nH]1. The van der Waals surface area contributed by atoms with Gasteiger partial charge in [0, 0.05) is 12.0 Å². The molecule has 0 bridgehead atoms. The number of aryl methyl sites for hydroxylation is 1. The van der Waals surface area contributed by atoms with Gasteiger partial charge in [0.05, 0.1) is 17.5 Å². The van der Waals surface area contributed by atoms with E-state index in [1.54, 1.807) is 19.1 Å². The topological polar surface area (TPSA) is 66.0 Å². The Hall–Kier alpha value is -2.12. The normalized spacial score (nSPS) is 10.0. The molecule has 4 nitrogen and oxygen atoms in total. The number of aromatic nitrogens is 2. The molecule has 0 unspecified atom stereocenters. The van der Waals surface area contributed by atoms with Crippen LogP contribution in [0.25, 0.3) is 10.9 Å². The Morgan fingerprint density at radius 3 is 3.06 bits per heavy atom. The number of aromatic amines is 1. The first-order chi connectivity index (χ1) is 8.20. The van der Waals surface area contributed by atoms with Crippen molar-refractivity contribution in [2.45, 2.75) is 13.3 Å². The zero-order valence-electron chi connectivity index (χ0n) is 9.45. The number of aliphatic hydroxyl groups excluding tert-OH is 1. The van der Waals surface area contributed by atoms with Crippen LogP contribution < -0.4 is 5.56 Å². The van der Waals surface area contributed by atoms with Crippen LogP contribution >= 0.6 is 0 Å². The van der Waals surface area contributed by atoms with E-state index < -0.39 is 0 Å². The fourth-order valence-electron chi connectivity index (χ4n) is 1.55. The van der Waals surface area contributed by atoms with Crippen LogP contribution in [0.1, 0.15) is 17.8 Å². The number of H-pyrrole nitrogens is 1. The smallest absolute Gasteiger partial charge is 0.258 e. The van der Waals surface area contributed by atoms with Gasteiger partial charge in [0.1, 0.15) is 5.82 Å². The highest BCUT2D eigenvalue weighted by molar-refractivity contribution is 5.79. The molecule has 0 spiro atoms. The lowest BCUT2D eigenvalue weighted by Crippen LogP contribution is -2.09. The van der Waals surface area contributed by atoms with E-state index in [-0.39, 0.29) is 12.2 Å². The molecular formula is C13H12N2O2. The van der Waals surface area contributed by atoms with E-state index in [0.717, 1.165) is 5.56 Å². The number of hydrogen-bond acceptors (Lipinski definition) is 3. The predicted molar refractivity (Wildman–Crippen MR) is 65.7 cm³/mol. The molecule has 86 valence electrons. The second-order valence-corrected chi connectivity index (χ2v) is 3.66. The van der Waals surface area contributed by atoms with Crippen LogP contribution in [0.4, 0.5) is 0 Å². The van der Waals surface area contributed by atoms with Crippen molar-refractivity contribution in [3.8, 4) is 11.8 Å². The third-order valence-electron chi connectivity index (χ3n) is 2.29. The van der Waals surface area contributed by atoms with Crippen molar-refractivity contribution in [1.29, 1.82) is 0 Å². The molecule has 4 heteroatoms. The maximum atomic E-state index is 11.7. The van der Waals surface area contributed by atoms with Crippen LogP contribution in [-0.2, 0) is 0 Å². The van der Waals surface area contributed by atoms with Crippen molar-refractivity contribution in [3.63, 3.8) is 0 Å². The van der Waals surface area contributed by atoms with Gasteiger partial charge in [0.2, 0.25) is 0 Å². The van der Waals surface area contributed by atoms with Crippen LogP contribution in [0.15, 0.2) is 23.0 Å². The van der Waals surface area contributed by atoms with Crippen molar-refractivity contribution >= 4 is 10.9 Å². The molecule has 0 amide bonds. The first kappa shape index (κ1) is 11.4. The maximum absolute atomic E-state index is 11.7. The van der Waals surface area contributed by atoms with Gasteiger partial charge in [0.15, 0.2) is 0 Å². The molecule has 1 aromatic heterocycles. The van der Waals surface area contributed by atoms with Gasteiger partial charge >= 0.3 is 0 Å². The third-order valence-corrected chi connectivity index (χ3v) is 2.29. The van der Waals surface area contributed by atoms with Crippen LogP contribution in [0, 0.1) is 18.8 Å². The van der Waals surface area contributed by atoms with Crippen molar-refractivity contribution in [2.24, 2.45) is 0 Å². The second-order valence-electron chi connectivity index (χ2n) is 3.66. The largest absolute Gasteiger partial charge is 0.395 e. The number of aliphatic hydroxyl groups is 1. The average molecular weight is 228 g/mol. The first-order valence-corrected chi connectivity index (χ1v) is 5.31. The van der Waals surface area contributed by atoms with E-state index in [1.807, 2.05) is 6.07 Å². The molecule has 1 heterocycles. The maximum Gasteiger partial charge on any atom is 0.258 e. The Morgan fingerprint density at radius 1 is 1.47 bits per heavy atom. The van der Waals surface area contributed by atoms with E-state index in [0.29, 0.717) is 23.1 Å². The summed E-state index contributed by atoms with van der Waals surface area (Å²) in [4.78, 5) is 18.6. The Bertz CT molecular complexity index is 662. The summed E-state index contributed by atoms with van der Waals surface area (Å²) in [6.07, 6.45) is 0.431. The zero-order valence-corrected chi connectivity index (χ0v) is 9.45. The highest BCUT2D eigenvalue weighted by atomic mass is 16.2. The Kier molecular flexibility index (Phi) is 3.22. The summed E-state index contributed by atoms with van der Waals surface area (Å²) < 4.78 is 0. The Morgan fingerprint density at radius 2 is 2.29 bits per heavy atom. The minimum absolute atomic E-state index is 0.0436. The molecule has 17 heavy (non-hydrogen) atoms. The molecule has 0 aliphatic rings. The molecule has 2 rings (SSSR count). The lowest BCUT2D eigenvalue weighted by Gasteiger charge is -1.98. The summed E-state index contributed by atoms with van der Waals surface area (Å²) in [5.41, 5.74) is 1.26. The standard InChI is InChI=1S/C13H12N2O2/c1-9-14-12-6-5-10(4-2-3-7-16)8-11(12)13(17)15-9/h5-6,8,16H,3,7H2,1H3,(H,14,15,17). The molecule has 0 fully saturated rings. The molecule has 0 saturated heterocycles. The highest BCUT2D eigenvalue weighted by Crippen LogP contribution is 2.09. The number of hydrogen-bond donors (Lipinski definition) is 2. The highest BCUT2D eigenvalue weighted by Gasteiger charge is 2.01. The van der Waals surface area contributed by atoms with Crippen molar-refractivity contribution in [1.82, 2.24) is 9.97 Å². The minimum atomic E-state index is -0.154. The quantitative estimate of drug-likeness (QED) is 0.715. The van der Waals surface area contributed by atoms with E-state index in [1.165, 1.54) is 0 Å².